The van der Waals surface area contributed by atoms with Gasteiger partial charge in [-0.3, -0.25) is 9.78 Å². The Bertz CT molecular complexity index is 382. The highest BCUT2D eigenvalue weighted by Gasteiger charge is 2.10. The van der Waals surface area contributed by atoms with Gasteiger partial charge in [-0.25, -0.2) is 0 Å². The lowest BCUT2D eigenvalue weighted by Crippen LogP contribution is -2.37. The number of rotatable bonds is 4. The number of hydrogen-bond donors (Lipinski definition) is 2. The molecule has 0 aliphatic rings. The van der Waals surface area contributed by atoms with Crippen molar-refractivity contribution in [3.05, 3.63) is 24.0 Å². The Hall–Kier alpha value is -1.42. The van der Waals surface area contributed by atoms with Crippen LogP contribution in [0.1, 0.15) is 32.8 Å². The quantitative estimate of drug-likeness (QED) is 0.840. The van der Waals surface area contributed by atoms with Crippen LogP contribution in [0.5, 0.6) is 0 Å². The first kappa shape index (κ1) is 13.6. The van der Waals surface area contributed by atoms with E-state index in [4.69, 9.17) is 0 Å². The lowest BCUT2D eigenvalue weighted by Gasteiger charge is -2.20. The van der Waals surface area contributed by atoms with E-state index in [1.165, 1.54) is 0 Å². The van der Waals surface area contributed by atoms with Crippen molar-refractivity contribution in [1.82, 2.24) is 10.3 Å². The highest BCUT2D eigenvalue weighted by Crippen LogP contribution is 2.11. The molecule has 0 atom stereocenters. The molecule has 1 aromatic rings. The SMILES string of the molecule is Cc1cnccc1NC(=O)CCNC(C)(C)C. The molecular weight excluding hydrogens is 214 g/mol. The Morgan fingerprint density at radius 2 is 2.12 bits per heavy atom. The average molecular weight is 235 g/mol. The smallest absolute Gasteiger partial charge is 0.225 e. The summed E-state index contributed by atoms with van der Waals surface area (Å²) in [6, 6.07) is 1.81. The molecular formula is C13H21N3O. The van der Waals surface area contributed by atoms with Gasteiger partial charge in [-0.2, -0.15) is 0 Å². The second-order valence-electron chi connectivity index (χ2n) is 5.17. The first-order valence-corrected chi connectivity index (χ1v) is 5.84. The van der Waals surface area contributed by atoms with Crippen molar-refractivity contribution in [3.63, 3.8) is 0 Å². The topological polar surface area (TPSA) is 54.0 Å². The fraction of sp³-hybridized carbons (Fsp3) is 0.538. The fourth-order valence-corrected chi connectivity index (χ4v) is 1.38. The van der Waals surface area contributed by atoms with E-state index in [0.29, 0.717) is 13.0 Å². The van der Waals surface area contributed by atoms with Gasteiger partial charge in [0.15, 0.2) is 0 Å². The van der Waals surface area contributed by atoms with Gasteiger partial charge in [-0.1, -0.05) is 0 Å². The largest absolute Gasteiger partial charge is 0.326 e. The van der Waals surface area contributed by atoms with Crippen LogP contribution in [0.3, 0.4) is 0 Å². The minimum Gasteiger partial charge on any atom is -0.326 e. The molecule has 1 rings (SSSR count). The average Bonchev–Trinajstić information content (AvgIpc) is 2.19. The summed E-state index contributed by atoms with van der Waals surface area (Å²) in [6.07, 6.45) is 3.89. The molecule has 0 aromatic carbocycles. The molecule has 94 valence electrons. The van der Waals surface area contributed by atoms with Crippen LogP contribution >= 0.6 is 0 Å². The molecule has 2 N–H and O–H groups in total. The first-order chi connectivity index (χ1) is 7.88. The van der Waals surface area contributed by atoms with Crippen LogP contribution in [0.4, 0.5) is 5.69 Å². The van der Waals surface area contributed by atoms with Gasteiger partial charge in [0.2, 0.25) is 5.91 Å². The molecule has 0 radical (unpaired) electrons. The Labute approximate surface area is 103 Å². The maximum atomic E-state index is 11.7. The van der Waals surface area contributed by atoms with Gasteiger partial charge in [-0.15, -0.1) is 0 Å². The molecule has 0 fully saturated rings. The molecule has 0 spiro atoms. The molecule has 1 aromatic heterocycles. The normalized spacial score (nSPS) is 11.3. The third-order valence-corrected chi connectivity index (χ3v) is 2.30. The highest BCUT2D eigenvalue weighted by atomic mass is 16.1. The van der Waals surface area contributed by atoms with Gasteiger partial charge in [0, 0.05) is 36.6 Å². The Morgan fingerprint density at radius 1 is 1.41 bits per heavy atom. The highest BCUT2D eigenvalue weighted by molar-refractivity contribution is 5.91. The van der Waals surface area contributed by atoms with Gasteiger partial charge in [0.05, 0.1) is 0 Å². The number of anilines is 1. The molecule has 17 heavy (non-hydrogen) atoms. The Kier molecular flexibility index (Phi) is 4.63. The van der Waals surface area contributed by atoms with Gasteiger partial charge < -0.3 is 10.6 Å². The monoisotopic (exact) mass is 235 g/mol. The first-order valence-electron chi connectivity index (χ1n) is 5.84. The third kappa shape index (κ3) is 5.45. The van der Waals surface area contributed by atoms with E-state index >= 15 is 0 Å². The fourth-order valence-electron chi connectivity index (χ4n) is 1.38. The molecule has 4 heteroatoms. The lowest BCUT2D eigenvalue weighted by molar-refractivity contribution is -0.116. The molecule has 0 unspecified atom stereocenters. The maximum Gasteiger partial charge on any atom is 0.225 e. The molecule has 0 aliphatic carbocycles. The van der Waals surface area contributed by atoms with Crippen molar-refractivity contribution in [2.45, 2.75) is 39.7 Å². The zero-order valence-corrected chi connectivity index (χ0v) is 11.0. The number of amides is 1. The summed E-state index contributed by atoms with van der Waals surface area (Å²) in [5, 5.41) is 6.16. The molecule has 4 nitrogen and oxygen atoms in total. The summed E-state index contributed by atoms with van der Waals surface area (Å²) in [5.41, 5.74) is 1.86. The summed E-state index contributed by atoms with van der Waals surface area (Å²) in [4.78, 5) is 15.7. The van der Waals surface area contributed by atoms with Crippen molar-refractivity contribution in [2.75, 3.05) is 11.9 Å². The molecule has 0 saturated carbocycles. The standard InChI is InChI=1S/C13H21N3O/c1-10-9-14-7-5-11(10)16-12(17)6-8-15-13(2,3)4/h5,7,9,15H,6,8H2,1-4H3,(H,14,16,17). The minimum atomic E-state index is 0.0241. The zero-order chi connectivity index (χ0) is 12.9. The van der Waals surface area contributed by atoms with Gasteiger partial charge >= 0.3 is 0 Å². The summed E-state index contributed by atoms with van der Waals surface area (Å²) < 4.78 is 0. The zero-order valence-electron chi connectivity index (χ0n) is 11.0. The number of nitrogens with zero attached hydrogens (tertiary/aromatic N) is 1. The van der Waals surface area contributed by atoms with Crippen LogP contribution in [-0.2, 0) is 4.79 Å². The van der Waals surface area contributed by atoms with Crippen LogP contribution in [0, 0.1) is 6.92 Å². The van der Waals surface area contributed by atoms with Crippen LogP contribution in [0.15, 0.2) is 18.5 Å². The van der Waals surface area contributed by atoms with Crippen LogP contribution in [0.2, 0.25) is 0 Å². The molecule has 0 saturated heterocycles. The van der Waals surface area contributed by atoms with Crippen LogP contribution in [0.25, 0.3) is 0 Å². The second kappa shape index (κ2) is 5.77. The predicted molar refractivity (Wildman–Crippen MR) is 70.0 cm³/mol. The number of aryl methyl sites for hydroxylation is 1. The summed E-state index contributed by atoms with van der Waals surface area (Å²) in [5.74, 6) is 0.0241. The summed E-state index contributed by atoms with van der Waals surface area (Å²) in [7, 11) is 0. The van der Waals surface area contributed by atoms with Crippen molar-refractivity contribution in [2.24, 2.45) is 0 Å². The van der Waals surface area contributed by atoms with E-state index in [-0.39, 0.29) is 11.4 Å². The minimum absolute atomic E-state index is 0.0241. The van der Waals surface area contributed by atoms with E-state index in [9.17, 15) is 4.79 Å². The maximum absolute atomic E-state index is 11.7. The third-order valence-electron chi connectivity index (χ3n) is 2.30. The van der Waals surface area contributed by atoms with E-state index in [1.807, 2.05) is 13.0 Å². The van der Waals surface area contributed by atoms with Gasteiger partial charge in [0.1, 0.15) is 0 Å². The van der Waals surface area contributed by atoms with Crippen molar-refractivity contribution in [1.29, 1.82) is 0 Å². The molecule has 0 aliphatic heterocycles. The molecule has 1 amide bonds. The number of hydrogen-bond acceptors (Lipinski definition) is 3. The number of pyridine rings is 1. The van der Waals surface area contributed by atoms with Crippen molar-refractivity contribution < 1.29 is 4.79 Å². The second-order valence-corrected chi connectivity index (χ2v) is 5.17. The summed E-state index contributed by atoms with van der Waals surface area (Å²) >= 11 is 0. The van der Waals surface area contributed by atoms with Crippen molar-refractivity contribution >= 4 is 11.6 Å². The summed E-state index contributed by atoms with van der Waals surface area (Å²) in [6.45, 7) is 8.85. The van der Waals surface area contributed by atoms with Crippen LogP contribution < -0.4 is 10.6 Å². The number of carbonyl (C=O) groups excluding carboxylic acids is 1. The number of aromatic nitrogens is 1. The van der Waals surface area contributed by atoms with Crippen LogP contribution in [-0.4, -0.2) is 23.0 Å². The van der Waals surface area contributed by atoms with E-state index < -0.39 is 0 Å². The number of carbonyl (C=O) groups is 1. The van der Waals surface area contributed by atoms with Gasteiger partial charge in [-0.05, 0) is 39.3 Å². The Balaban J connectivity index is 2.38. The van der Waals surface area contributed by atoms with Crippen molar-refractivity contribution in [3.8, 4) is 0 Å². The van der Waals surface area contributed by atoms with E-state index in [1.54, 1.807) is 12.4 Å². The molecule has 1 heterocycles. The predicted octanol–water partition coefficient (Wildman–Crippen LogP) is 2.11. The van der Waals surface area contributed by atoms with E-state index in [2.05, 4.69) is 36.4 Å². The number of nitrogens with one attached hydrogen (secondary N) is 2. The lowest BCUT2D eigenvalue weighted by atomic mass is 10.1. The van der Waals surface area contributed by atoms with E-state index in [0.717, 1.165) is 11.3 Å². The van der Waals surface area contributed by atoms with Gasteiger partial charge in [0.25, 0.3) is 0 Å². The Morgan fingerprint density at radius 3 is 2.71 bits per heavy atom. The molecule has 0 bridgehead atoms.